The minimum Gasteiger partial charge on any atom is -0.481 e. The number of aliphatic carboxylic acids is 1. The number of nitrogens with zero attached hydrogens (tertiary/aromatic N) is 1. The lowest BCUT2D eigenvalue weighted by Crippen LogP contribution is -2.15. The maximum absolute atomic E-state index is 10.7. The van der Waals surface area contributed by atoms with Gasteiger partial charge in [0.15, 0.2) is 0 Å². The molecule has 0 spiro atoms. The van der Waals surface area contributed by atoms with E-state index < -0.39 is 5.97 Å². The maximum Gasteiger partial charge on any atom is 0.303 e. The van der Waals surface area contributed by atoms with Gasteiger partial charge in [0.25, 0.3) is 0 Å². The predicted molar refractivity (Wildman–Crippen MR) is 73.4 cm³/mol. The number of carboxylic acids is 1. The summed E-state index contributed by atoms with van der Waals surface area (Å²) in [6.07, 6.45) is 0.984. The van der Waals surface area contributed by atoms with Gasteiger partial charge in [0, 0.05) is 31.6 Å². The molecule has 18 heavy (non-hydrogen) atoms. The van der Waals surface area contributed by atoms with Crippen molar-refractivity contribution in [1.29, 1.82) is 0 Å². The maximum atomic E-state index is 10.7. The largest absolute Gasteiger partial charge is 0.481 e. The van der Waals surface area contributed by atoms with Crippen LogP contribution in [-0.2, 0) is 4.79 Å². The van der Waals surface area contributed by atoms with Gasteiger partial charge in [-0.25, -0.2) is 0 Å². The van der Waals surface area contributed by atoms with Gasteiger partial charge in [-0.2, -0.15) is 0 Å². The van der Waals surface area contributed by atoms with Crippen LogP contribution in [0.1, 0.15) is 49.7 Å². The Morgan fingerprint density at radius 3 is 2.83 bits per heavy atom. The highest BCUT2D eigenvalue weighted by Crippen LogP contribution is 2.39. The summed E-state index contributed by atoms with van der Waals surface area (Å²) < 4.78 is 0. The smallest absolute Gasteiger partial charge is 0.303 e. The van der Waals surface area contributed by atoms with Gasteiger partial charge in [0.05, 0.1) is 0 Å². The van der Waals surface area contributed by atoms with Crippen molar-refractivity contribution in [1.82, 2.24) is 0 Å². The first-order valence-corrected chi connectivity index (χ1v) is 6.55. The Kier molecular flexibility index (Phi) is 3.60. The summed E-state index contributed by atoms with van der Waals surface area (Å²) in [7, 11) is 2.08. The molecule has 1 unspecified atom stereocenters. The number of fused-ring (bicyclic) bond motifs is 1. The van der Waals surface area contributed by atoms with E-state index in [9.17, 15) is 4.79 Å². The number of likely N-dealkylation sites (N-methyl/N-ethyl adjacent to an activating group) is 1. The van der Waals surface area contributed by atoms with Gasteiger partial charge in [-0.3, -0.25) is 4.79 Å². The Balaban J connectivity index is 2.24. The molecule has 98 valence electrons. The van der Waals surface area contributed by atoms with Crippen molar-refractivity contribution in [3.05, 3.63) is 29.3 Å². The highest BCUT2D eigenvalue weighted by Gasteiger charge is 2.27. The Morgan fingerprint density at radius 2 is 2.22 bits per heavy atom. The van der Waals surface area contributed by atoms with Crippen LogP contribution >= 0.6 is 0 Å². The van der Waals surface area contributed by atoms with Crippen molar-refractivity contribution in [3.8, 4) is 0 Å². The number of carbonyl (C=O) groups is 1. The zero-order chi connectivity index (χ0) is 13.3. The molecule has 1 aliphatic heterocycles. The summed E-state index contributed by atoms with van der Waals surface area (Å²) in [4.78, 5) is 12.9. The third kappa shape index (κ3) is 2.50. The Morgan fingerprint density at radius 1 is 1.50 bits per heavy atom. The van der Waals surface area contributed by atoms with Gasteiger partial charge in [-0.15, -0.1) is 0 Å². The molecule has 1 heterocycles. The fraction of sp³-hybridized carbons (Fsp3) is 0.533. The van der Waals surface area contributed by atoms with Gasteiger partial charge in [-0.1, -0.05) is 26.0 Å². The molecule has 2 rings (SSSR count). The number of rotatable bonds is 4. The molecule has 0 aromatic heterocycles. The van der Waals surface area contributed by atoms with E-state index in [1.54, 1.807) is 0 Å². The molecule has 1 aromatic carbocycles. The summed E-state index contributed by atoms with van der Waals surface area (Å²) in [6.45, 7) is 5.31. The molecule has 0 bridgehead atoms. The molecule has 0 saturated carbocycles. The Hall–Kier alpha value is -1.51. The van der Waals surface area contributed by atoms with Crippen molar-refractivity contribution in [3.63, 3.8) is 0 Å². The fourth-order valence-electron chi connectivity index (χ4n) is 2.68. The number of benzene rings is 1. The normalized spacial score (nSPS) is 18.2. The lowest BCUT2D eigenvalue weighted by atomic mass is 9.92. The molecule has 0 amide bonds. The monoisotopic (exact) mass is 247 g/mol. The summed E-state index contributed by atoms with van der Waals surface area (Å²) in [5.74, 6) is 0.173. The van der Waals surface area contributed by atoms with Crippen LogP contribution in [0.15, 0.2) is 18.2 Å². The summed E-state index contributed by atoms with van der Waals surface area (Å²) in [5.41, 5.74) is 3.92. The quantitative estimate of drug-likeness (QED) is 0.888. The molecule has 0 aliphatic carbocycles. The van der Waals surface area contributed by atoms with Crippen molar-refractivity contribution in [2.75, 3.05) is 18.5 Å². The van der Waals surface area contributed by atoms with Crippen LogP contribution in [0.25, 0.3) is 0 Å². The molecular weight excluding hydrogens is 226 g/mol. The van der Waals surface area contributed by atoms with E-state index in [1.807, 2.05) is 0 Å². The van der Waals surface area contributed by atoms with E-state index in [2.05, 4.69) is 44.0 Å². The van der Waals surface area contributed by atoms with E-state index in [-0.39, 0.29) is 6.42 Å². The van der Waals surface area contributed by atoms with Gasteiger partial charge < -0.3 is 10.0 Å². The molecule has 1 N–H and O–H groups in total. The molecule has 1 aromatic rings. The molecule has 1 aliphatic rings. The molecule has 3 heteroatoms. The third-order valence-corrected chi connectivity index (χ3v) is 3.77. The number of hydrogen-bond donors (Lipinski definition) is 1. The SMILES string of the molecule is CC(C)c1ccc2c(c1)C(CCC(=O)O)CN2C. The van der Waals surface area contributed by atoms with E-state index in [0.29, 0.717) is 11.8 Å². The minimum absolute atomic E-state index is 0.254. The van der Waals surface area contributed by atoms with E-state index in [4.69, 9.17) is 5.11 Å². The average Bonchev–Trinajstić information content (AvgIpc) is 2.63. The second-order valence-electron chi connectivity index (χ2n) is 5.48. The lowest BCUT2D eigenvalue weighted by molar-refractivity contribution is -0.137. The summed E-state index contributed by atoms with van der Waals surface area (Å²) in [6, 6.07) is 6.61. The highest BCUT2D eigenvalue weighted by molar-refractivity contribution is 5.67. The number of carboxylic acid groups (broad SMARTS) is 1. The number of anilines is 1. The van der Waals surface area contributed by atoms with Crippen LogP contribution in [0.2, 0.25) is 0 Å². The Bertz CT molecular complexity index is 454. The molecule has 0 radical (unpaired) electrons. The van der Waals surface area contributed by atoms with Crippen LogP contribution < -0.4 is 4.90 Å². The van der Waals surface area contributed by atoms with Crippen LogP contribution in [0.4, 0.5) is 5.69 Å². The zero-order valence-corrected chi connectivity index (χ0v) is 11.3. The molecule has 0 saturated heterocycles. The zero-order valence-electron chi connectivity index (χ0n) is 11.3. The molecule has 1 atom stereocenters. The Labute approximate surface area is 108 Å². The highest BCUT2D eigenvalue weighted by atomic mass is 16.4. The molecule has 3 nitrogen and oxygen atoms in total. The number of hydrogen-bond acceptors (Lipinski definition) is 2. The second-order valence-corrected chi connectivity index (χ2v) is 5.48. The van der Waals surface area contributed by atoms with E-state index >= 15 is 0 Å². The second kappa shape index (κ2) is 5.01. The summed E-state index contributed by atoms with van der Waals surface area (Å²) >= 11 is 0. The fourth-order valence-corrected chi connectivity index (χ4v) is 2.68. The van der Waals surface area contributed by atoms with E-state index in [1.165, 1.54) is 16.8 Å². The standard InChI is InChI=1S/C15H21NO2/c1-10(2)11-4-6-14-13(8-11)12(9-16(14)3)5-7-15(17)18/h4,6,8,10,12H,5,7,9H2,1-3H3,(H,17,18). The lowest BCUT2D eigenvalue weighted by Gasteiger charge is -2.13. The first kappa shape index (κ1) is 12.9. The topological polar surface area (TPSA) is 40.5 Å². The van der Waals surface area contributed by atoms with Gasteiger partial charge >= 0.3 is 5.97 Å². The minimum atomic E-state index is -0.703. The first-order valence-electron chi connectivity index (χ1n) is 6.55. The van der Waals surface area contributed by atoms with Crippen LogP contribution in [0, 0.1) is 0 Å². The first-order chi connectivity index (χ1) is 8.49. The molecule has 0 fully saturated rings. The van der Waals surface area contributed by atoms with Gasteiger partial charge in [0.2, 0.25) is 0 Å². The summed E-state index contributed by atoms with van der Waals surface area (Å²) in [5, 5.41) is 8.82. The van der Waals surface area contributed by atoms with Crippen LogP contribution in [0.3, 0.4) is 0 Å². The van der Waals surface area contributed by atoms with Crippen LogP contribution in [0.5, 0.6) is 0 Å². The van der Waals surface area contributed by atoms with Crippen molar-refractivity contribution >= 4 is 11.7 Å². The average molecular weight is 247 g/mol. The van der Waals surface area contributed by atoms with E-state index in [0.717, 1.165) is 13.0 Å². The molecular formula is C15H21NO2. The van der Waals surface area contributed by atoms with Crippen molar-refractivity contribution in [2.45, 2.75) is 38.5 Å². The predicted octanol–water partition coefficient (Wildman–Crippen LogP) is 3.21. The van der Waals surface area contributed by atoms with Gasteiger partial charge in [0.1, 0.15) is 0 Å². The third-order valence-electron chi connectivity index (χ3n) is 3.77. The van der Waals surface area contributed by atoms with Crippen LogP contribution in [-0.4, -0.2) is 24.7 Å². The van der Waals surface area contributed by atoms with Gasteiger partial charge in [-0.05, 0) is 29.5 Å². The van der Waals surface area contributed by atoms with Crippen molar-refractivity contribution < 1.29 is 9.90 Å². The van der Waals surface area contributed by atoms with Crippen molar-refractivity contribution in [2.24, 2.45) is 0 Å².